The zero-order chi connectivity index (χ0) is 20.3. The van der Waals surface area contributed by atoms with Crippen molar-refractivity contribution in [1.29, 1.82) is 0 Å². The van der Waals surface area contributed by atoms with Crippen molar-refractivity contribution < 1.29 is 19.0 Å². The summed E-state index contributed by atoms with van der Waals surface area (Å²) in [5.41, 5.74) is 5.30. The molecule has 0 saturated carbocycles. The third-order valence-electron chi connectivity index (χ3n) is 4.28. The summed E-state index contributed by atoms with van der Waals surface area (Å²) >= 11 is 6.16. The summed E-state index contributed by atoms with van der Waals surface area (Å²) in [5.74, 6) is 1.49. The molecule has 0 spiro atoms. The SMILES string of the molecule is Cc1cc(C(C)(C)C)ccc1OCC(=O)N/N=C/c1cc2c(cc1Cl)OCO2. The summed E-state index contributed by atoms with van der Waals surface area (Å²) in [6.07, 6.45) is 1.45. The van der Waals surface area contributed by atoms with Crippen molar-refractivity contribution in [1.82, 2.24) is 5.43 Å². The van der Waals surface area contributed by atoms with Gasteiger partial charge >= 0.3 is 0 Å². The van der Waals surface area contributed by atoms with Crippen LogP contribution in [0.2, 0.25) is 5.02 Å². The topological polar surface area (TPSA) is 69.2 Å². The van der Waals surface area contributed by atoms with E-state index in [0.717, 1.165) is 5.56 Å². The van der Waals surface area contributed by atoms with E-state index in [1.54, 1.807) is 12.1 Å². The first kappa shape index (κ1) is 20.0. The standard InChI is InChI=1S/C21H23ClN2O4/c1-13-7-15(21(2,3)4)5-6-17(13)26-11-20(25)24-23-10-14-8-18-19(9-16(14)22)28-12-27-18/h5-10H,11-12H2,1-4H3,(H,24,25)/b23-10+. The van der Waals surface area contributed by atoms with Gasteiger partial charge in [-0.3, -0.25) is 4.79 Å². The summed E-state index contributed by atoms with van der Waals surface area (Å²) < 4.78 is 16.2. The molecule has 28 heavy (non-hydrogen) atoms. The Morgan fingerprint density at radius 2 is 1.96 bits per heavy atom. The van der Waals surface area contributed by atoms with Crippen molar-refractivity contribution in [2.24, 2.45) is 5.10 Å². The highest BCUT2D eigenvalue weighted by Gasteiger charge is 2.16. The van der Waals surface area contributed by atoms with Crippen molar-refractivity contribution in [3.05, 3.63) is 52.0 Å². The van der Waals surface area contributed by atoms with E-state index in [2.05, 4.69) is 37.4 Å². The Labute approximate surface area is 169 Å². The van der Waals surface area contributed by atoms with Gasteiger partial charge in [-0.1, -0.05) is 44.5 Å². The minimum absolute atomic E-state index is 0.0609. The highest BCUT2D eigenvalue weighted by atomic mass is 35.5. The van der Waals surface area contributed by atoms with Gasteiger partial charge in [-0.25, -0.2) is 5.43 Å². The number of rotatable bonds is 5. The molecular weight excluding hydrogens is 380 g/mol. The second kappa shape index (κ2) is 8.10. The lowest BCUT2D eigenvalue weighted by atomic mass is 9.86. The van der Waals surface area contributed by atoms with Crippen LogP contribution in [0.15, 0.2) is 35.4 Å². The molecule has 1 aliphatic rings. The maximum atomic E-state index is 12.0. The second-order valence-electron chi connectivity index (χ2n) is 7.54. The number of carbonyl (C=O) groups is 1. The first-order valence-corrected chi connectivity index (χ1v) is 9.27. The van der Waals surface area contributed by atoms with Crippen LogP contribution in [0.4, 0.5) is 0 Å². The normalized spacial score (nSPS) is 13.0. The van der Waals surface area contributed by atoms with Crippen LogP contribution in [-0.2, 0) is 10.2 Å². The summed E-state index contributed by atoms with van der Waals surface area (Å²) in [6, 6.07) is 9.34. The lowest BCUT2D eigenvalue weighted by molar-refractivity contribution is -0.123. The van der Waals surface area contributed by atoms with Crippen LogP contribution >= 0.6 is 11.6 Å². The number of hydrogen-bond acceptors (Lipinski definition) is 5. The number of hydrogen-bond donors (Lipinski definition) is 1. The number of halogens is 1. The van der Waals surface area contributed by atoms with E-state index in [0.29, 0.717) is 27.8 Å². The number of benzene rings is 2. The molecule has 6 nitrogen and oxygen atoms in total. The number of amides is 1. The molecule has 0 unspecified atom stereocenters. The van der Waals surface area contributed by atoms with Crippen LogP contribution in [0.5, 0.6) is 17.2 Å². The van der Waals surface area contributed by atoms with Crippen molar-refractivity contribution in [3.8, 4) is 17.2 Å². The highest BCUT2D eigenvalue weighted by Crippen LogP contribution is 2.36. The maximum Gasteiger partial charge on any atom is 0.277 e. The quantitative estimate of drug-likeness (QED) is 0.601. The zero-order valence-corrected chi connectivity index (χ0v) is 17.1. The number of carbonyl (C=O) groups excluding carboxylic acids is 1. The number of aryl methyl sites for hydroxylation is 1. The summed E-state index contributed by atoms with van der Waals surface area (Å²) in [5, 5.41) is 4.38. The van der Waals surface area contributed by atoms with Crippen LogP contribution in [0.25, 0.3) is 0 Å². The maximum absolute atomic E-state index is 12.0. The molecule has 1 amide bonds. The fourth-order valence-corrected chi connectivity index (χ4v) is 2.86. The minimum Gasteiger partial charge on any atom is -0.483 e. The molecule has 0 atom stereocenters. The van der Waals surface area contributed by atoms with E-state index in [9.17, 15) is 4.79 Å². The average Bonchev–Trinajstić information content (AvgIpc) is 3.07. The summed E-state index contributed by atoms with van der Waals surface area (Å²) in [7, 11) is 0. The molecule has 0 radical (unpaired) electrons. The third-order valence-corrected chi connectivity index (χ3v) is 4.61. The molecule has 0 aromatic heterocycles. The van der Waals surface area contributed by atoms with Crippen LogP contribution in [0, 0.1) is 6.92 Å². The lowest BCUT2D eigenvalue weighted by Crippen LogP contribution is -2.24. The predicted molar refractivity (Wildman–Crippen MR) is 109 cm³/mol. The zero-order valence-electron chi connectivity index (χ0n) is 16.3. The lowest BCUT2D eigenvalue weighted by Gasteiger charge is -2.20. The van der Waals surface area contributed by atoms with Gasteiger partial charge in [0.15, 0.2) is 18.1 Å². The Balaban J connectivity index is 1.55. The molecule has 0 aliphatic carbocycles. The van der Waals surface area contributed by atoms with Crippen LogP contribution < -0.4 is 19.6 Å². The van der Waals surface area contributed by atoms with Gasteiger partial charge in [-0.05, 0) is 35.6 Å². The van der Waals surface area contributed by atoms with E-state index in [1.807, 2.05) is 19.1 Å². The molecule has 0 saturated heterocycles. The number of hydrazone groups is 1. The van der Waals surface area contributed by atoms with Gasteiger partial charge in [0.1, 0.15) is 5.75 Å². The smallest absolute Gasteiger partial charge is 0.277 e. The molecule has 148 valence electrons. The summed E-state index contributed by atoms with van der Waals surface area (Å²) in [6.45, 7) is 8.45. The Morgan fingerprint density at radius 1 is 1.25 bits per heavy atom. The van der Waals surface area contributed by atoms with E-state index >= 15 is 0 Å². The molecule has 1 N–H and O–H groups in total. The molecular formula is C21H23ClN2O4. The van der Waals surface area contributed by atoms with Gasteiger partial charge in [0.2, 0.25) is 6.79 Å². The van der Waals surface area contributed by atoms with Gasteiger partial charge in [0.25, 0.3) is 5.91 Å². The molecule has 0 fully saturated rings. The second-order valence-corrected chi connectivity index (χ2v) is 7.95. The van der Waals surface area contributed by atoms with E-state index in [4.69, 9.17) is 25.8 Å². The monoisotopic (exact) mass is 402 g/mol. The van der Waals surface area contributed by atoms with Crippen LogP contribution in [-0.4, -0.2) is 25.5 Å². The highest BCUT2D eigenvalue weighted by molar-refractivity contribution is 6.33. The number of fused-ring (bicyclic) bond motifs is 1. The van der Waals surface area contributed by atoms with Gasteiger partial charge in [0.05, 0.1) is 11.2 Å². The molecule has 7 heteroatoms. The predicted octanol–water partition coefficient (Wildman–Crippen LogP) is 4.20. The largest absolute Gasteiger partial charge is 0.483 e. The van der Waals surface area contributed by atoms with Gasteiger partial charge < -0.3 is 14.2 Å². The Kier molecular flexibility index (Phi) is 5.79. The number of nitrogens with one attached hydrogen (secondary N) is 1. The average molecular weight is 403 g/mol. The Morgan fingerprint density at radius 3 is 2.64 bits per heavy atom. The molecule has 3 rings (SSSR count). The van der Waals surface area contributed by atoms with Crippen molar-refractivity contribution in [2.45, 2.75) is 33.1 Å². The molecule has 2 aromatic carbocycles. The van der Waals surface area contributed by atoms with Crippen LogP contribution in [0.1, 0.15) is 37.5 Å². The number of nitrogens with zero attached hydrogens (tertiary/aromatic N) is 1. The van der Waals surface area contributed by atoms with Gasteiger partial charge in [0, 0.05) is 11.6 Å². The van der Waals surface area contributed by atoms with E-state index in [1.165, 1.54) is 11.8 Å². The van der Waals surface area contributed by atoms with E-state index < -0.39 is 0 Å². The fourth-order valence-electron chi connectivity index (χ4n) is 2.66. The Hall–Kier alpha value is -2.73. The van der Waals surface area contributed by atoms with Crippen molar-refractivity contribution in [2.75, 3.05) is 13.4 Å². The molecule has 1 heterocycles. The van der Waals surface area contributed by atoms with Gasteiger partial charge in [-0.2, -0.15) is 5.10 Å². The van der Waals surface area contributed by atoms with Gasteiger partial charge in [-0.15, -0.1) is 0 Å². The first-order valence-electron chi connectivity index (χ1n) is 8.89. The fraction of sp³-hybridized carbons (Fsp3) is 0.333. The first-order chi connectivity index (χ1) is 13.2. The van der Waals surface area contributed by atoms with Crippen molar-refractivity contribution >= 4 is 23.7 Å². The Bertz CT molecular complexity index is 919. The minimum atomic E-state index is -0.368. The summed E-state index contributed by atoms with van der Waals surface area (Å²) in [4.78, 5) is 12.0. The molecule has 0 bridgehead atoms. The number of ether oxygens (including phenoxy) is 3. The molecule has 2 aromatic rings. The third kappa shape index (κ3) is 4.75. The van der Waals surface area contributed by atoms with Crippen molar-refractivity contribution in [3.63, 3.8) is 0 Å². The molecule has 1 aliphatic heterocycles. The van der Waals surface area contributed by atoms with Crippen LogP contribution in [0.3, 0.4) is 0 Å². The van der Waals surface area contributed by atoms with E-state index in [-0.39, 0.29) is 24.7 Å².